The highest BCUT2D eigenvalue weighted by molar-refractivity contribution is 14.0. The second-order valence-electron chi connectivity index (χ2n) is 7.01. The number of hydrogen-bond acceptors (Lipinski definition) is 2. The molecule has 24 heavy (non-hydrogen) atoms. The lowest BCUT2D eigenvalue weighted by Crippen LogP contribution is -2.39. The molecule has 1 saturated carbocycles. The standard InChI is InChI=1S/C18H34N4O.HI/c1-3-19-18(21-14-16-9-5-4-8-15(16)2)20-11-7-13-22-12-6-10-17(22)23;/h15-16H,3-14H2,1-2H3,(H2,19,20,21);1H. The number of hydrogen-bond donors (Lipinski definition) is 2. The molecule has 1 aliphatic carbocycles. The van der Waals surface area contributed by atoms with Gasteiger partial charge in [-0.15, -0.1) is 24.0 Å². The van der Waals surface area contributed by atoms with Gasteiger partial charge in [0, 0.05) is 39.1 Å². The van der Waals surface area contributed by atoms with Crippen LogP contribution in [0.2, 0.25) is 0 Å². The molecular weight excluding hydrogens is 415 g/mol. The van der Waals surface area contributed by atoms with Crippen LogP contribution in [0, 0.1) is 11.8 Å². The quantitative estimate of drug-likeness (QED) is 0.272. The van der Waals surface area contributed by atoms with Crippen molar-refractivity contribution in [3.8, 4) is 0 Å². The Kier molecular flexibility index (Phi) is 10.7. The Balaban J connectivity index is 0.00000288. The summed E-state index contributed by atoms with van der Waals surface area (Å²) in [6.07, 6.45) is 8.16. The summed E-state index contributed by atoms with van der Waals surface area (Å²) in [5.74, 6) is 2.79. The van der Waals surface area contributed by atoms with Crippen molar-refractivity contribution >= 4 is 35.8 Å². The number of nitrogens with zero attached hydrogens (tertiary/aromatic N) is 2. The molecule has 0 aromatic rings. The van der Waals surface area contributed by atoms with Gasteiger partial charge in [0.2, 0.25) is 5.91 Å². The largest absolute Gasteiger partial charge is 0.357 e. The summed E-state index contributed by atoms with van der Waals surface area (Å²) in [7, 11) is 0. The normalized spacial score (nSPS) is 24.7. The minimum atomic E-state index is 0. The smallest absolute Gasteiger partial charge is 0.222 e. The van der Waals surface area contributed by atoms with E-state index < -0.39 is 0 Å². The molecule has 2 atom stereocenters. The molecule has 5 nitrogen and oxygen atoms in total. The Morgan fingerprint density at radius 3 is 2.71 bits per heavy atom. The van der Waals surface area contributed by atoms with E-state index in [1.165, 1.54) is 25.7 Å². The predicted molar refractivity (Wildman–Crippen MR) is 111 cm³/mol. The van der Waals surface area contributed by atoms with Gasteiger partial charge in [-0.3, -0.25) is 9.79 Å². The molecule has 0 spiro atoms. The van der Waals surface area contributed by atoms with Crippen LogP contribution < -0.4 is 10.6 Å². The zero-order valence-electron chi connectivity index (χ0n) is 15.4. The second kappa shape index (κ2) is 11.9. The monoisotopic (exact) mass is 450 g/mol. The molecule has 0 radical (unpaired) electrons. The number of carbonyl (C=O) groups is 1. The minimum Gasteiger partial charge on any atom is -0.357 e. The van der Waals surface area contributed by atoms with E-state index in [2.05, 4.69) is 24.5 Å². The van der Waals surface area contributed by atoms with Gasteiger partial charge in [0.05, 0.1) is 0 Å². The molecule has 1 saturated heterocycles. The van der Waals surface area contributed by atoms with Gasteiger partial charge in [-0.2, -0.15) is 0 Å². The third-order valence-electron chi connectivity index (χ3n) is 5.19. The first-order valence-electron chi connectivity index (χ1n) is 9.50. The Morgan fingerprint density at radius 2 is 2.04 bits per heavy atom. The fourth-order valence-corrected chi connectivity index (χ4v) is 3.63. The van der Waals surface area contributed by atoms with Gasteiger partial charge in [-0.25, -0.2) is 0 Å². The lowest BCUT2D eigenvalue weighted by Gasteiger charge is -2.27. The summed E-state index contributed by atoms with van der Waals surface area (Å²) in [6, 6.07) is 0. The Morgan fingerprint density at radius 1 is 1.25 bits per heavy atom. The molecule has 0 bridgehead atoms. The van der Waals surface area contributed by atoms with E-state index in [0.29, 0.717) is 5.91 Å². The number of guanidine groups is 1. The Hall–Kier alpha value is -0.530. The molecule has 2 rings (SSSR count). The summed E-state index contributed by atoms with van der Waals surface area (Å²) < 4.78 is 0. The number of amides is 1. The highest BCUT2D eigenvalue weighted by atomic mass is 127. The number of carbonyl (C=O) groups excluding carboxylic acids is 1. The summed E-state index contributed by atoms with van der Waals surface area (Å²) in [6.45, 7) is 8.96. The van der Waals surface area contributed by atoms with Crippen LogP contribution >= 0.6 is 24.0 Å². The number of aliphatic imine (C=N–C) groups is 1. The molecule has 6 heteroatoms. The van der Waals surface area contributed by atoms with Crippen molar-refractivity contribution < 1.29 is 4.79 Å². The third-order valence-corrected chi connectivity index (χ3v) is 5.19. The van der Waals surface area contributed by atoms with Crippen LogP contribution in [-0.2, 0) is 4.79 Å². The van der Waals surface area contributed by atoms with Gasteiger partial charge in [-0.05, 0) is 38.0 Å². The van der Waals surface area contributed by atoms with Crippen LogP contribution in [0.1, 0.15) is 58.8 Å². The molecule has 140 valence electrons. The van der Waals surface area contributed by atoms with Crippen LogP contribution in [-0.4, -0.2) is 49.5 Å². The van der Waals surface area contributed by atoms with E-state index in [-0.39, 0.29) is 24.0 Å². The average molecular weight is 450 g/mol. The van der Waals surface area contributed by atoms with Gasteiger partial charge >= 0.3 is 0 Å². The van der Waals surface area contributed by atoms with Crippen LogP contribution in [0.3, 0.4) is 0 Å². The zero-order chi connectivity index (χ0) is 16.5. The van der Waals surface area contributed by atoms with E-state index in [1.54, 1.807) is 0 Å². The van der Waals surface area contributed by atoms with E-state index in [4.69, 9.17) is 4.99 Å². The van der Waals surface area contributed by atoms with Crippen molar-refractivity contribution in [1.82, 2.24) is 15.5 Å². The van der Waals surface area contributed by atoms with E-state index >= 15 is 0 Å². The van der Waals surface area contributed by atoms with Gasteiger partial charge in [-0.1, -0.05) is 26.2 Å². The van der Waals surface area contributed by atoms with Crippen LogP contribution in [0.15, 0.2) is 4.99 Å². The SMILES string of the molecule is CCNC(=NCC1CCCCC1C)NCCCN1CCCC1=O.I. The summed E-state index contributed by atoms with van der Waals surface area (Å²) in [5, 5.41) is 6.75. The molecule has 0 aromatic carbocycles. The molecule has 2 N–H and O–H groups in total. The van der Waals surface area contributed by atoms with Crippen molar-refractivity contribution in [2.75, 3.05) is 32.7 Å². The zero-order valence-corrected chi connectivity index (χ0v) is 17.7. The maximum absolute atomic E-state index is 11.6. The molecular formula is C18H35IN4O. The van der Waals surface area contributed by atoms with Crippen LogP contribution in [0.5, 0.6) is 0 Å². The highest BCUT2D eigenvalue weighted by Crippen LogP contribution is 2.29. The molecule has 1 aliphatic heterocycles. The number of halogens is 1. The van der Waals surface area contributed by atoms with Gasteiger partial charge < -0.3 is 15.5 Å². The van der Waals surface area contributed by atoms with E-state index in [9.17, 15) is 4.79 Å². The van der Waals surface area contributed by atoms with Gasteiger partial charge in [0.1, 0.15) is 0 Å². The lowest BCUT2D eigenvalue weighted by atomic mass is 9.80. The molecule has 2 aliphatic rings. The maximum Gasteiger partial charge on any atom is 0.222 e. The fraction of sp³-hybridized carbons (Fsp3) is 0.889. The Bertz CT molecular complexity index is 402. The minimum absolute atomic E-state index is 0. The third kappa shape index (κ3) is 7.15. The topological polar surface area (TPSA) is 56.7 Å². The molecule has 0 aromatic heterocycles. The lowest BCUT2D eigenvalue weighted by molar-refractivity contribution is -0.127. The first-order valence-corrected chi connectivity index (χ1v) is 9.50. The second-order valence-corrected chi connectivity index (χ2v) is 7.01. The first kappa shape index (κ1) is 21.5. The fourth-order valence-electron chi connectivity index (χ4n) is 3.63. The summed E-state index contributed by atoms with van der Waals surface area (Å²) in [4.78, 5) is 18.3. The van der Waals surface area contributed by atoms with Crippen molar-refractivity contribution in [2.24, 2.45) is 16.8 Å². The molecule has 2 unspecified atom stereocenters. The van der Waals surface area contributed by atoms with Crippen molar-refractivity contribution in [1.29, 1.82) is 0 Å². The number of nitrogens with one attached hydrogen (secondary N) is 2. The highest BCUT2D eigenvalue weighted by Gasteiger charge is 2.21. The van der Waals surface area contributed by atoms with Crippen LogP contribution in [0.25, 0.3) is 0 Å². The molecule has 1 amide bonds. The van der Waals surface area contributed by atoms with Crippen LogP contribution in [0.4, 0.5) is 0 Å². The van der Waals surface area contributed by atoms with Crippen molar-refractivity contribution in [3.63, 3.8) is 0 Å². The van der Waals surface area contributed by atoms with Crippen molar-refractivity contribution in [3.05, 3.63) is 0 Å². The van der Waals surface area contributed by atoms with Gasteiger partial charge in [0.15, 0.2) is 5.96 Å². The van der Waals surface area contributed by atoms with E-state index in [1.807, 2.05) is 4.90 Å². The van der Waals surface area contributed by atoms with Crippen molar-refractivity contribution in [2.45, 2.75) is 58.8 Å². The summed E-state index contributed by atoms with van der Waals surface area (Å²) >= 11 is 0. The summed E-state index contributed by atoms with van der Waals surface area (Å²) in [5.41, 5.74) is 0. The maximum atomic E-state index is 11.6. The first-order chi connectivity index (χ1) is 11.2. The molecule has 1 heterocycles. The molecule has 2 fully saturated rings. The number of likely N-dealkylation sites (tertiary alicyclic amines) is 1. The Labute approximate surface area is 164 Å². The number of rotatable bonds is 7. The van der Waals surface area contributed by atoms with E-state index in [0.717, 1.165) is 69.8 Å². The predicted octanol–water partition coefficient (Wildman–Crippen LogP) is 3.00. The average Bonchev–Trinajstić information content (AvgIpc) is 2.95. The van der Waals surface area contributed by atoms with Gasteiger partial charge in [0.25, 0.3) is 0 Å².